The van der Waals surface area contributed by atoms with Crippen molar-refractivity contribution in [1.82, 2.24) is 0 Å². The Hall–Kier alpha value is -2.41. The maximum absolute atomic E-state index is 13.1. The van der Waals surface area contributed by atoms with E-state index in [1.54, 1.807) is 18.2 Å². The minimum absolute atomic E-state index is 0.212. The lowest BCUT2D eigenvalue weighted by Gasteiger charge is -2.34. The molecule has 0 aromatic heterocycles. The SMILES string of the molecule is CC[C@@H]1CN(C(=O)Nc2ccccc2C(F)(F)F)c2cc(Cl)ccc2O1. The number of amides is 2. The summed E-state index contributed by atoms with van der Waals surface area (Å²) < 4.78 is 45.2. The van der Waals surface area contributed by atoms with E-state index in [0.29, 0.717) is 22.9 Å². The van der Waals surface area contributed by atoms with Gasteiger partial charge < -0.3 is 10.1 Å². The highest BCUT2D eigenvalue weighted by Gasteiger charge is 2.35. The van der Waals surface area contributed by atoms with Gasteiger partial charge in [0.2, 0.25) is 0 Å². The Kier molecular flexibility index (Phi) is 5.00. The van der Waals surface area contributed by atoms with E-state index in [1.165, 1.54) is 23.1 Å². The van der Waals surface area contributed by atoms with Gasteiger partial charge in [-0.3, -0.25) is 4.90 Å². The van der Waals surface area contributed by atoms with Crippen LogP contribution in [0.25, 0.3) is 0 Å². The molecule has 2 amide bonds. The molecule has 3 rings (SSSR count). The molecule has 4 nitrogen and oxygen atoms in total. The summed E-state index contributed by atoms with van der Waals surface area (Å²) in [5.74, 6) is 0.465. The molecular weight excluding hydrogens is 369 g/mol. The van der Waals surface area contributed by atoms with Gasteiger partial charge in [0.05, 0.1) is 23.5 Å². The van der Waals surface area contributed by atoms with Gasteiger partial charge in [0.1, 0.15) is 11.9 Å². The average Bonchev–Trinajstić information content (AvgIpc) is 2.60. The number of anilines is 2. The predicted octanol–water partition coefficient (Wildman–Crippen LogP) is 5.57. The number of hydrogen-bond donors (Lipinski definition) is 1. The monoisotopic (exact) mass is 384 g/mol. The number of rotatable bonds is 2. The third-order valence-electron chi connectivity index (χ3n) is 4.07. The summed E-state index contributed by atoms with van der Waals surface area (Å²) >= 11 is 6.00. The summed E-state index contributed by atoms with van der Waals surface area (Å²) in [5, 5.41) is 2.76. The number of fused-ring (bicyclic) bond motifs is 1. The molecule has 1 atom stereocenters. The van der Waals surface area contributed by atoms with Crippen LogP contribution in [-0.4, -0.2) is 18.7 Å². The van der Waals surface area contributed by atoms with Gasteiger partial charge in [0.25, 0.3) is 0 Å². The summed E-state index contributed by atoms with van der Waals surface area (Å²) in [7, 11) is 0. The zero-order valence-corrected chi connectivity index (χ0v) is 14.6. The molecule has 0 fully saturated rings. The van der Waals surface area contributed by atoms with Gasteiger partial charge in [0.15, 0.2) is 0 Å². The molecule has 1 aliphatic heterocycles. The van der Waals surface area contributed by atoms with Gasteiger partial charge in [0, 0.05) is 5.02 Å². The number of hydrogen-bond acceptors (Lipinski definition) is 2. The summed E-state index contributed by atoms with van der Waals surface area (Å²) in [6, 6.07) is 9.01. The minimum Gasteiger partial charge on any atom is -0.486 e. The van der Waals surface area contributed by atoms with Crippen LogP contribution in [-0.2, 0) is 6.18 Å². The molecule has 0 spiro atoms. The van der Waals surface area contributed by atoms with E-state index in [2.05, 4.69) is 5.32 Å². The van der Waals surface area contributed by atoms with Gasteiger partial charge >= 0.3 is 12.2 Å². The second-order valence-corrected chi connectivity index (χ2v) is 6.28. The maximum Gasteiger partial charge on any atom is 0.418 e. The number of urea groups is 1. The van der Waals surface area contributed by atoms with Crippen LogP contribution in [0.2, 0.25) is 5.02 Å². The second-order valence-electron chi connectivity index (χ2n) is 5.84. The Morgan fingerprint density at radius 2 is 2.04 bits per heavy atom. The zero-order valence-electron chi connectivity index (χ0n) is 13.8. The molecular formula is C18H16ClF3N2O2. The van der Waals surface area contributed by atoms with Gasteiger partial charge in [-0.15, -0.1) is 0 Å². The molecule has 0 radical (unpaired) electrons. The van der Waals surface area contributed by atoms with Gasteiger partial charge in [-0.2, -0.15) is 13.2 Å². The van der Waals surface area contributed by atoms with Crippen molar-refractivity contribution >= 4 is 29.0 Å². The van der Waals surface area contributed by atoms with Crippen molar-refractivity contribution < 1.29 is 22.7 Å². The lowest BCUT2D eigenvalue weighted by Crippen LogP contribution is -2.45. The fourth-order valence-electron chi connectivity index (χ4n) is 2.75. The normalized spacial score (nSPS) is 16.7. The molecule has 2 aromatic carbocycles. The fourth-order valence-corrected chi connectivity index (χ4v) is 2.91. The van der Waals surface area contributed by atoms with Crippen LogP contribution >= 0.6 is 11.6 Å². The number of para-hydroxylation sites is 1. The summed E-state index contributed by atoms with van der Waals surface area (Å²) in [6.45, 7) is 2.12. The molecule has 138 valence electrons. The highest BCUT2D eigenvalue weighted by atomic mass is 35.5. The molecule has 8 heteroatoms. The first kappa shape index (κ1) is 18.4. The molecule has 2 aromatic rings. The maximum atomic E-state index is 13.1. The average molecular weight is 385 g/mol. The Labute approximate surface area is 153 Å². The van der Waals surface area contributed by atoms with Crippen LogP contribution in [0, 0.1) is 0 Å². The van der Waals surface area contributed by atoms with E-state index < -0.39 is 17.8 Å². The van der Waals surface area contributed by atoms with Crippen LogP contribution in [0.1, 0.15) is 18.9 Å². The third kappa shape index (κ3) is 3.72. The van der Waals surface area contributed by atoms with Gasteiger partial charge in [-0.1, -0.05) is 30.7 Å². The first-order valence-corrected chi connectivity index (χ1v) is 8.38. The number of ether oxygens (including phenoxy) is 1. The number of nitrogens with one attached hydrogen (secondary N) is 1. The minimum atomic E-state index is -4.57. The molecule has 0 unspecified atom stereocenters. The number of alkyl halides is 3. The van der Waals surface area contributed by atoms with E-state index >= 15 is 0 Å². The molecule has 0 saturated heterocycles. The Bertz CT molecular complexity index is 826. The van der Waals surface area contributed by atoms with Crippen LogP contribution in [0.3, 0.4) is 0 Å². The lowest BCUT2D eigenvalue weighted by molar-refractivity contribution is -0.136. The summed E-state index contributed by atoms with van der Waals surface area (Å²) in [4.78, 5) is 14.1. The summed E-state index contributed by atoms with van der Waals surface area (Å²) in [5.41, 5.74) is -0.780. The quantitative estimate of drug-likeness (QED) is 0.735. The summed E-state index contributed by atoms with van der Waals surface area (Å²) in [6.07, 6.45) is -4.18. The Morgan fingerprint density at radius 3 is 2.73 bits per heavy atom. The van der Waals surface area contributed by atoms with E-state index in [9.17, 15) is 18.0 Å². The van der Waals surface area contributed by atoms with Crippen molar-refractivity contribution in [2.45, 2.75) is 25.6 Å². The number of carbonyl (C=O) groups excluding carboxylic acids is 1. The van der Waals surface area contributed by atoms with Crippen LogP contribution in [0.4, 0.5) is 29.3 Å². The largest absolute Gasteiger partial charge is 0.486 e. The van der Waals surface area contributed by atoms with Crippen LogP contribution < -0.4 is 15.0 Å². The van der Waals surface area contributed by atoms with Crippen molar-refractivity contribution in [3.05, 3.63) is 53.1 Å². The molecule has 26 heavy (non-hydrogen) atoms. The highest BCUT2D eigenvalue weighted by molar-refractivity contribution is 6.31. The molecule has 1 heterocycles. The fraction of sp³-hybridized carbons (Fsp3) is 0.278. The number of benzene rings is 2. The van der Waals surface area contributed by atoms with Crippen LogP contribution in [0.15, 0.2) is 42.5 Å². The zero-order chi connectivity index (χ0) is 18.9. The number of nitrogens with zero attached hydrogens (tertiary/aromatic N) is 1. The Balaban J connectivity index is 1.93. The van der Waals surface area contributed by atoms with Crippen molar-refractivity contribution in [3.63, 3.8) is 0 Å². The Morgan fingerprint density at radius 1 is 1.31 bits per heavy atom. The molecule has 1 aliphatic rings. The third-order valence-corrected chi connectivity index (χ3v) is 4.30. The number of carbonyl (C=O) groups is 1. The first-order valence-electron chi connectivity index (χ1n) is 8.00. The van der Waals surface area contributed by atoms with Crippen LogP contribution in [0.5, 0.6) is 5.75 Å². The van der Waals surface area contributed by atoms with E-state index in [1.807, 2.05) is 6.92 Å². The van der Waals surface area contributed by atoms with Gasteiger partial charge in [-0.25, -0.2) is 4.79 Å². The topological polar surface area (TPSA) is 41.6 Å². The van der Waals surface area contributed by atoms with Crippen molar-refractivity contribution in [1.29, 1.82) is 0 Å². The molecule has 0 saturated carbocycles. The van der Waals surface area contributed by atoms with Crippen molar-refractivity contribution in [2.75, 3.05) is 16.8 Å². The van der Waals surface area contributed by atoms with E-state index in [0.717, 1.165) is 6.07 Å². The first-order chi connectivity index (χ1) is 12.3. The smallest absolute Gasteiger partial charge is 0.418 e. The van der Waals surface area contributed by atoms with Gasteiger partial charge in [-0.05, 0) is 36.8 Å². The number of halogens is 4. The molecule has 1 N–H and O–H groups in total. The standard InChI is InChI=1S/C18H16ClF3N2O2/c1-2-12-10-24(15-9-11(19)7-8-16(15)26-12)17(25)23-14-6-4-3-5-13(14)18(20,21)22/h3-9,12H,2,10H2,1H3,(H,23,25)/t12-/m1/s1. The molecule has 0 aliphatic carbocycles. The highest BCUT2D eigenvalue weighted by Crippen LogP contribution is 2.38. The predicted molar refractivity (Wildman–Crippen MR) is 94.0 cm³/mol. The van der Waals surface area contributed by atoms with Crippen molar-refractivity contribution in [2.24, 2.45) is 0 Å². The molecule has 0 bridgehead atoms. The van der Waals surface area contributed by atoms with E-state index in [-0.39, 0.29) is 18.3 Å². The van der Waals surface area contributed by atoms with Crippen molar-refractivity contribution in [3.8, 4) is 5.75 Å². The van der Waals surface area contributed by atoms with E-state index in [4.69, 9.17) is 16.3 Å². The lowest BCUT2D eigenvalue weighted by atomic mass is 10.1. The second kappa shape index (κ2) is 7.07.